The van der Waals surface area contributed by atoms with Crippen LogP contribution < -0.4 is 10.6 Å². The van der Waals surface area contributed by atoms with Gasteiger partial charge in [-0.3, -0.25) is 10.1 Å². The number of carbonyl (C=O) groups excluding carboxylic acids is 1. The Morgan fingerprint density at radius 3 is 2.59 bits per heavy atom. The van der Waals surface area contributed by atoms with E-state index in [1.807, 2.05) is 0 Å². The Balaban J connectivity index is 2.42. The molecule has 0 unspecified atom stereocenters. The van der Waals surface area contributed by atoms with E-state index >= 15 is 0 Å². The number of aromatic carboxylic acids is 1. The Labute approximate surface area is 102 Å². The molecule has 0 aliphatic carbocycles. The minimum atomic E-state index is -1.04. The molecule has 2 rings (SSSR count). The number of carboxylic acids is 1. The average Bonchev–Trinajstić information content (AvgIpc) is 2.58. The molecule has 86 valence electrons. The number of amides is 1. The van der Waals surface area contributed by atoms with Crippen molar-refractivity contribution in [1.29, 1.82) is 0 Å². The van der Waals surface area contributed by atoms with E-state index in [-0.39, 0.29) is 22.3 Å². The molecule has 6 heteroatoms. The molecule has 1 aliphatic rings. The second-order valence-electron chi connectivity index (χ2n) is 3.36. The summed E-state index contributed by atoms with van der Waals surface area (Å²) in [6.07, 6.45) is 1.46. The van der Waals surface area contributed by atoms with Crippen LogP contribution in [0.3, 0.4) is 0 Å². The topological polar surface area (TPSA) is 78.4 Å². The Kier molecular flexibility index (Phi) is 2.88. The highest BCUT2D eigenvalue weighted by Gasteiger charge is 2.20. The second-order valence-corrected chi connectivity index (χ2v) is 3.77. The van der Waals surface area contributed by atoms with Crippen LogP contribution in [0.2, 0.25) is 0 Å². The summed E-state index contributed by atoms with van der Waals surface area (Å²) < 4.78 is 0. The van der Waals surface area contributed by atoms with Crippen LogP contribution >= 0.6 is 12.2 Å². The lowest BCUT2D eigenvalue weighted by Crippen LogP contribution is -2.21. The lowest BCUT2D eigenvalue weighted by atomic mass is 10.1. The molecule has 0 saturated carbocycles. The molecule has 0 bridgehead atoms. The molecule has 1 saturated heterocycles. The first-order chi connectivity index (χ1) is 8.08. The van der Waals surface area contributed by atoms with E-state index in [9.17, 15) is 9.59 Å². The standard InChI is InChI=1S/C11H8N2O3S/c14-9-8(12-11(17)13-9)5-6-3-1-2-4-7(6)10(15)16/h1-5H,(H,15,16)(H2,12,13,14,17). The van der Waals surface area contributed by atoms with Gasteiger partial charge in [-0.05, 0) is 29.9 Å². The maximum Gasteiger partial charge on any atom is 0.336 e. The van der Waals surface area contributed by atoms with Crippen molar-refractivity contribution in [2.45, 2.75) is 0 Å². The van der Waals surface area contributed by atoms with Gasteiger partial charge in [0.2, 0.25) is 0 Å². The molecule has 0 spiro atoms. The summed E-state index contributed by atoms with van der Waals surface area (Å²) in [5.74, 6) is -1.41. The molecule has 5 nitrogen and oxygen atoms in total. The van der Waals surface area contributed by atoms with Gasteiger partial charge in [0.25, 0.3) is 5.91 Å². The summed E-state index contributed by atoms with van der Waals surface area (Å²) in [5, 5.41) is 14.3. The molecular weight excluding hydrogens is 240 g/mol. The van der Waals surface area contributed by atoms with Gasteiger partial charge >= 0.3 is 5.97 Å². The Morgan fingerprint density at radius 2 is 2.00 bits per heavy atom. The number of carbonyl (C=O) groups is 2. The molecule has 1 heterocycles. The summed E-state index contributed by atoms with van der Waals surface area (Å²) in [4.78, 5) is 22.4. The lowest BCUT2D eigenvalue weighted by Gasteiger charge is -2.01. The number of carboxylic acid groups (broad SMARTS) is 1. The van der Waals surface area contributed by atoms with Crippen molar-refractivity contribution in [2.24, 2.45) is 0 Å². The number of hydrogen-bond donors (Lipinski definition) is 3. The third-order valence-corrected chi connectivity index (χ3v) is 2.42. The minimum Gasteiger partial charge on any atom is -0.478 e. The number of benzene rings is 1. The molecule has 1 amide bonds. The van der Waals surface area contributed by atoms with E-state index in [2.05, 4.69) is 10.6 Å². The van der Waals surface area contributed by atoms with Crippen molar-refractivity contribution < 1.29 is 14.7 Å². The van der Waals surface area contributed by atoms with Crippen LogP contribution in [0.4, 0.5) is 0 Å². The summed E-state index contributed by atoms with van der Waals surface area (Å²) in [6, 6.07) is 6.41. The van der Waals surface area contributed by atoms with Crippen LogP contribution in [-0.4, -0.2) is 22.1 Å². The van der Waals surface area contributed by atoms with Gasteiger partial charge < -0.3 is 10.4 Å². The van der Waals surface area contributed by atoms with Crippen LogP contribution in [-0.2, 0) is 4.79 Å². The van der Waals surface area contributed by atoms with Crippen LogP contribution in [0.25, 0.3) is 6.08 Å². The number of hydrogen-bond acceptors (Lipinski definition) is 3. The first-order valence-electron chi connectivity index (χ1n) is 4.74. The fourth-order valence-electron chi connectivity index (χ4n) is 1.46. The van der Waals surface area contributed by atoms with Gasteiger partial charge in [0.05, 0.1) is 5.56 Å². The van der Waals surface area contributed by atoms with Gasteiger partial charge in [-0.1, -0.05) is 18.2 Å². The zero-order valence-electron chi connectivity index (χ0n) is 8.56. The third-order valence-electron chi connectivity index (χ3n) is 2.21. The lowest BCUT2D eigenvalue weighted by molar-refractivity contribution is -0.115. The van der Waals surface area contributed by atoms with Gasteiger partial charge in [0.15, 0.2) is 5.11 Å². The molecule has 1 aliphatic heterocycles. The maximum atomic E-state index is 11.4. The zero-order chi connectivity index (χ0) is 12.4. The van der Waals surface area contributed by atoms with Crippen LogP contribution in [0.1, 0.15) is 15.9 Å². The number of thiocarbonyl (C=S) groups is 1. The van der Waals surface area contributed by atoms with Crippen LogP contribution in [0.5, 0.6) is 0 Å². The molecule has 0 atom stereocenters. The fraction of sp³-hybridized carbons (Fsp3) is 0. The predicted octanol–water partition coefficient (Wildman–Crippen LogP) is 0.730. The molecular formula is C11H8N2O3S. The monoisotopic (exact) mass is 248 g/mol. The second kappa shape index (κ2) is 4.34. The normalized spacial score (nSPS) is 16.8. The maximum absolute atomic E-state index is 11.4. The smallest absolute Gasteiger partial charge is 0.336 e. The summed E-state index contributed by atoms with van der Waals surface area (Å²) >= 11 is 4.77. The highest BCUT2D eigenvalue weighted by atomic mass is 32.1. The predicted molar refractivity (Wildman–Crippen MR) is 65.3 cm³/mol. The quantitative estimate of drug-likeness (QED) is 0.531. The fourth-order valence-corrected chi connectivity index (χ4v) is 1.66. The molecule has 1 aromatic rings. The van der Waals surface area contributed by atoms with E-state index in [0.717, 1.165) is 0 Å². The largest absolute Gasteiger partial charge is 0.478 e. The first kappa shape index (κ1) is 11.3. The zero-order valence-corrected chi connectivity index (χ0v) is 9.38. The van der Waals surface area contributed by atoms with Crippen LogP contribution in [0.15, 0.2) is 30.0 Å². The van der Waals surface area contributed by atoms with E-state index in [1.165, 1.54) is 12.1 Å². The summed E-state index contributed by atoms with van der Waals surface area (Å²) in [7, 11) is 0. The number of nitrogens with one attached hydrogen (secondary N) is 2. The van der Waals surface area contributed by atoms with Gasteiger partial charge in [0.1, 0.15) is 5.70 Å². The van der Waals surface area contributed by atoms with Crippen molar-refractivity contribution in [2.75, 3.05) is 0 Å². The molecule has 1 fully saturated rings. The molecule has 3 N–H and O–H groups in total. The van der Waals surface area contributed by atoms with E-state index in [0.29, 0.717) is 5.56 Å². The van der Waals surface area contributed by atoms with Crippen molar-refractivity contribution >= 4 is 35.3 Å². The highest BCUT2D eigenvalue weighted by molar-refractivity contribution is 7.80. The minimum absolute atomic E-state index is 0.132. The van der Waals surface area contributed by atoms with Crippen molar-refractivity contribution in [3.63, 3.8) is 0 Å². The highest BCUT2D eigenvalue weighted by Crippen LogP contribution is 2.13. The SMILES string of the molecule is O=C1NC(=S)NC1=Cc1ccccc1C(=O)O. The van der Waals surface area contributed by atoms with Gasteiger partial charge in [-0.15, -0.1) is 0 Å². The first-order valence-corrected chi connectivity index (χ1v) is 5.15. The Bertz CT molecular complexity index is 551. The van der Waals surface area contributed by atoms with E-state index in [1.54, 1.807) is 18.2 Å². The van der Waals surface area contributed by atoms with E-state index in [4.69, 9.17) is 17.3 Å². The van der Waals surface area contributed by atoms with Crippen molar-refractivity contribution in [1.82, 2.24) is 10.6 Å². The van der Waals surface area contributed by atoms with Crippen molar-refractivity contribution in [3.05, 3.63) is 41.1 Å². The van der Waals surface area contributed by atoms with E-state index < -0.39 is 5.97 Å². The molecule has 1 aromatic carbocycles. The molecule has 17 heavy (non-hydrogen) atoms. The third kappa shape index (κ3) is 2.31. The van der Waals surface area contributed by atoms with Gasteiger partial charge in [-0.25, -0.2) is 4.79 Å². The summed E-state index contributed by atoms with van der Waals surface area (Å²) in [5.41, 5.74) is 0.818. The Hall–Kier alpha value is -2.21. The van der Waals surface area contributed by atoms with Gasteiger partial charge in [-0.2, -0.15) is 0 Å². The van der Waals surface area contributed by atoms with Gasteiger partial charge in [0, 0.05) is 0 Å². The molecule has 0 radical (unpaired) electrons. The number of rotatable bonds is 2. The Morgan fingerprint density at radius 1 is 1.29 bits per heavy atom. The van der Waals surface area contributed by atoms with Crippen LogP contribution in [0, 0.1) is 0 Å². The summed E-state index contributed by atoms with van der Waals surface area (Å²) in [6.45, 7) is 0. The van der Waals surface area contributed by atoms with Crippen molar-refractivity contribution in [3.8, 4) is 0 Å². The average molecular weight is 248 g/mol. The molecule has 0 aromatic heterocycles.